The van der Waals surface area contributed by atoms with Crippen molar-refractivity contribution in [3.8, 4) is 11.5 Å². The lowest BCUT2D eigenvalue weighted by Gasteiger charge is -2.18. The number of methoxy groups -OCH3 is 1. The van der Waals surface area contributed by atoms with Gasteiger partial charge in [-0.25, -0.2) is 0 Å². The first kappa shape index (κ1) is 13.5. The summed E-state index contributed by atoms with van der Waals surface area (Å²) >= 11 is 6.28. The Hall–Kier alpha value is -0.930. The minimum absolute atomic E-state index is 0.275. The topological polar surface area (TPSA) is 44.5 Å². The first-order valence-electron chi connectivity index (χ1n) is 6.47. The van der Waals surface area contributed by atoms with Crippen molar-refractivity contribution in [3.63, 3.8) is 0 Å². The largest absolute Gasteiger partial charge is 0.493 e. The molecule has 0 unspecified atom stereocenters. The molecule has 1 aromatic carbocycles. The van der Waals surface area contributed by atoms with Crippen molar-refractivity contribution >= 4 is 11.6 Å². The lowest BCUT2D eigenvalue weighted by molar-refractivity contribution is 0.201. The van der Waals surface area contributed by atoms with Gasteiger partial charge in [-0.05, 0) is 56.3 Å². The molecule has 1 aliphatic rings. The van der Waals surface area contributed by atoms with Gasteiger partial charge in [-0.2, -0.15) is 0 Å². The Morgan fingerprint density at radius 1 is 1.33 bits per heavy atom. The summed E-state index contributed by atoms with van der Waals surface area (Å²) in [5.74, 6) is 1.38. The van der Waals surface area contributed by atoms with Gasteiger partial charge >= 0.3 is 0 Å². The minimum Gasteiger partial charge on any atom is -0.493 e. The summed E-state index contributed by atoms with van der Waals surface area (Å²) in [6, 6.07) is 3.88. The van der Waals surface area contributed by atoms with E-state index in [0.29, 0.717) is 23.1 Å². The summed E-state index contributed by atoms with van der Waals surface area (Å²) in [5.41, 5.74) is 6.64. The van der Waals surface area contributed by atoms with Gasteiger partial charge in [-0.3, -0.25) is 0 Å². The Bertz CT molecular complexity index is 403. The fourth-order valence-corrected chi connectivity index (χ4v) is 2.65. The lowest BCUT2D eigenvalue weighted by Crippen LogP contribution is -2.12. The highest BCUT2D eigenvalue weighted by Crippen LogP contribution is 2.38. The summed E-state index contributed by atoms with van der Waals surface area (Å²) in [6.07, 6.45) is 5.73. The van der Waals surface area contributed by atoms with Crippen LogP contribution in [0.4, 0.5) is 0 Å². The van der Waals surface area contributed by atoms with Gasteiger partial charge in [-0.15, -0.1) is 0 Å². The summed E-state index contributed by atoms with van der Waals surface area (Å²) in [7, 11) is 1.64. The Morgan fingerprint density at radius 2 is 2.06 bits per heavy atom. The molecule has 0 heterocycles. The Morgan fingerprint density at radius 3 is 2.67 bits per heavy atom. The Balaban J connectivity index is 2.21. The smallest absolute Gasteiger partial charge is 0.180 e. The van der Waals surface area contributed by atoms with Crippen LogP contribution in [0.5, 0.6) is 11.5 Å². The number of ether oxygens (including phenoxy) is 2. The molecular weight excluding hydrogens is 250 g/mol. The molecule has 3 nitrogen and oxygen atoms in total. The van der Waals surface area contributed by atoms with E-state index in [9.17, 15) is 0 Å². The van der Waals surface area contributed by atoms with Gasteiger partial charge in [0.05, 0.1) is 18.2 Å². The molecule has 2 N–H and O–H groups in total. The molecule has 0 aliphatic heterocycles. The van der Waals surface area contributed by atoms with Crippen LogP contribution >= 0.6 is 11.6 Å². The van der Waals surface area contributed by atoms with Crippen LogP contribution in [0.2, 0.25) is 5.02 Å². The van der Waals surface area contributed by atoms with E-state index in [1.54, 1.807) is 7.11 Å². The van der Waals surface area contributed by atoms with E-state index in [0.717, 1.165) is 24.8 Å². The second-order valence-corrected chi connectivity index (χ2v) is 5.08. The van der Waals surface area contributed by atoms with Crippen LogP contribution in [0.25, 0.3) is 0 Å². The molecule has 2 rings (SSSR count). The van der Waals surface area contributed by atoms with E-state index in [1.165, 1.54) is 12.8 Å². The molecule has 0 saturated heterocycles. The zero-order valence-corrected chi connectivity index (χ0v) is 11.5. The number of rotatable bonds is 5. The molecule has 1 aliphatic carbocycles. The average Bonchev–Trinajstić information content (AvgIpc) is 2.85. The van der Waals surface area contributed by atoms with Gasteiger partial charge in [-0.1, -0.05) is 11.6 Å². The fourth-order valence-electron chi connectivity index (χ4n) is 2.37. The van der Waals surface area contributed by atoms with Gasteiger partial charge in [0, 0.05) is 0 Å². The highest BCUT2D eigenvalue weighted by atomic mass is 35.5. The lowest BCUT2D eigenvalue weighted by atomic mass is 10.1. The summed E-state index contributed by atoms with van der Waals surface area (Å²) in [5, 5.41) is 0.615. The zero-order chi connectivity index (χ0) is 13.0. The van der Waals surface area contributed by atoms with Crippen molar-refractivity contribution in [3.05, 3.63) is 22.7 Å². The Labute approximate surface area is 113 Å². The molecule has 0 radical (unpaired) electrons. The molecule has 1 saturated carbocycles. The van der Waals surface area contributed by atoms with E-state index in [-0.39, 0.29) is 6.10 Å². The van der Waals surface area contributed by atoms with Crippen LogP contribution in [0.15, 0.2) is 12.1 Å². The van der Waals surface area contributed by atoms with Crippen LogP contribution in [0.1, 0.15) is 31.2 Å². The monoisotopic (exact) mass is 269 g/mol. The van der Waals surface area contributed by atoms with Crippen molar-refractivity contribution in [1.82, 2.24) is 0 Å². The maximum absolute atomic E-state index is 6.28. The highest BCUT2D eigenvalue weighted by Gasteiger charge is 2.20. The van der Waals surface area contributed by atoms with Crippen LogP contribution in [-0.4, -0.2) is 19.8 Å². The number of halogens is 1. The first-order valence-corrected chi connectivity index (χ1v) is 6.85. The standard InChI is InChI=1S/C14H20ClNO2/c1-17-13-9-10(6-7-16)8-12(15)14(13)18-11-4-2-3-5-11/h8-9,11H,2-7,16H2,1H3. The van der Waals surface area contributed by atoms with Crippen LogP contribution < -0.4 is 15.2 Å². The van der Waals surface area contributed by atoms with Gasteiger partial charge in [0.1, 0.15) is 0 Å². The molecule has 18 heavy (non-hydrogen) atoms. The number of benzene rings is 1. The molecule has 0 atom stereocenters. The molecular formula is C14H20ClNO2. The fraction of sp³-hybridized carbons (Fsp3) is 0.571. The van der Waals surface area contributed by atoms with E-state index < -0.39 is 0 Å². The van der Waals surface area contributed by atoms with Crippen LogP contribution in [0, 0.1) is 0 Å². The van der Waals surface area contributed by atoms with Gasteiger partial charge < -0.3 is 15.2 Å². The SMILES string of the molecule is COc1cc(CCN)cc(Cl)c1OC1CCCC1. The number of nitrogens with two attached hydrogens (primary N) is 1. The van der Waals surface area contributed by atoms with Gasteiger partial charge in [0.15, 0.2) is 11.5 Å². The van der Waals surface area contributed by atoms with Crippen molar-refractivity contribution in [1.29, 1.82) is 0 Å². The summed E-state index contributed by atoms with van der Waals surface area (Å²) < 4.78 is 11.3. The maximum Gasteiger partial charge on any atom is 0.180 e. The van der Waals surface area contributed by atoms with Crippen LogP contribution in [0.3, 0.4) is 0 Å². The average molecular weight is 270 g/mol. The normalized spacial score (nSPS) is 15.9. The Kier molecular flexibility index (Phi) is 4.72. The van der Waals surface area contributed by atoms with Crippen molar-refractivity contribution in [2.45, 2.75) is 38.2 Å². The van der Waals surface area contributed by atoms with Gasteiger partial charge in [0.2, 0.25) is 0 Å². The predicted octanol–water partition coefficient (Wildman–Crippen LogP) is 3.17. The summed E-state index contributed by atoms with van der Waals surface area (Å²) in [4.78, 5) is 0. The second-order valence-electron chi connectivity index (χ2n) is 4.67. The third kappa shape index (κ3) is 3.09. The van der Waals surface area contributed by atoms with Gasteiger partial charge in [0.25, 0.3) is 0 Å². The molecule has 0 bridgehead atoms. The molecule has 1 fully saturated rings. The summed E-state index contributed by atoms with van der Waals surface area (Å²) in [6.45, 7) is 0.600. The number of hydrogen-bond acceptors (Lipinski definition) is 3. The molecule has 0 spiro atoms. The highest BCUT2D eigenvalue weighted by molar-refractivity contribution is 6.32. The van der Waals surface area contributed by atoms with Crippen LogP contribution in [-0.2, 0) is 6.42 Å². The molecule has 4 heteroatoms. The van der Waals surface area contributed by atoms with E-state index in [4.69, 9.17) is 26.8 Å². The first-order chi connectivity index (χ1) is 8.74. The zero-order valence-electron chi connectivity index (χ0n) is 10.7. The predicted molar refractivity (Wildman–Crippen MR) is 73.6 cm³/mol. The van der Waals surface area contributed by atoms with Crippen molar-refractivity contribution < 1.29 is 9.47 Å². The number of hydrogen-bond donors (Lipinski definition) is 1. The maximum atomic E-state index is 6.28. The molecule has 100 valence electrons. The van der Waals surface area contributed by atoms with E-state index in [1.807, 2.05) is 12.1 Å². The molecule has 1 aromatic rings. The molecule has 0 amide bonds. The van der Waals surface area contributed by atoms with Crippen molar-refractivity contribution in [2.75, 3.05) is 13.7 Å². The third-order valence-corrected chi connectivity index (χ3v) is 3.59. The minimum atomic E-state index is 0.275. The second kappa shape index (κ2) is 6.30. The molecule has 0 aromatic heterocycles. The third-order valence-electron chi connectivity index (χ3n) is 3.31. The van der Waals surface area contributed by atoms with E-state index >= 15 is 0 Å². The van der Waals surface area contributed by atoms with Crippen molar-refractivity contribution in [2.24, 2.45) is 5.73 Å². The van der Waals surface area contributed by atoms with E-state index in [2.05, 4.69) is 0 Å². The quantitative estimate of drug-likeness (QED) is 0.893.